The van der Waals surface area contributed by atoms with Crippen molar-refractivity contribution in [2.24, 2.45) is 5.92 Å². The molecule has 2 heterocycles. The van der Waals surface area contributed by atoms with Crippen molar-refractivity contribution >= 4 is 22.5 Å². The first-order valence-electron chi connectivity index (χ1n) is 7.03. The third-order valence-corrected chi connectivity index (χ3v) is 4.89. The van der Waals surface area contributed by atoms with Gasteiger partial charge in [-0.15, -0.1) is 0 Å². The van der Waals surface area contributed by atoms with Gasteiger partial charge in [-0.3, -0.25) is 4.98 Å². The summed E-state index contributed by atoms with van der Waals surface area (Å²) in [5, 5.41) is 6.17. The summed E-state index contributed by atoms with van der Waals surface area (Å²) < 4.78 is 0. The van der Waals surface area contributed by atoms with Gasteiger partial charge in [0.1, 0.15) is 0 Å². The van der Waals surface area contributed by atoms with E-state index in [0.29, 0.717) is 0 Å². The highest BCUT2D eigenvalue weighted by Crippen LogP contribution is 2.22. The second kappa shape index (κ2) is 6.40. The second-order valence-electron chi connectivity index (χ2n) is 5.21. The van der Waals surface area contributed by atoms with Crippen LogP contribution in [-0.4, -0.2) is 23.0 Å². The standard InChI is InChI=1S/C16H20N2S/c1-2-4-16-14(3-1)10-18-12-15(16)11-17-9-13-5-7-19-8-6-13/h1-4,10,12-13,17H,5-9,11H2. The lowest BCUT2D eigenvalue weighted by Crippen LogP contribution is -2.25. The zero-order valence-electron chi connectivity index (χ0n) is 11.1. The Labute approximate surface area is 119 Å². The van der Waals surface area contributed by atoms with Crippen LogP contribution >= 0.6 is 11.8 Å². The van der Waals surface area contributed by atoms with E-state index in [1.165, 1.54) is 40.7 Å². The van der Waals surface area contributed by atoms with Crippen LogP contribution in [-0.2, 0) is 6.54 Å². The zero-order valence-corrected chi connectivity index (χ0v) is 12.0. The Hall–Kier alpha value is -1.06. The highest BCUT2D eigenvalue weighted by Gasteiger charge is 2.13. The van der Waals surface area contributed by atoms with Crippen molar-refractivity contribution in [1.82, 2.24) is 10.3 Å². The van der Waals surface area contributed by atoms with Crippen molar-refractivity contribution in [3.8, 4) is 0 Å². The fourth-order valence-corrected chi connectivity index (χ4v) is 3.89. The van der Waals surface area contributed by atoms with E-state index in [4.69, 9.17) is 0 Å². The van der Waals surface area contributed by atoms with E-state index in [1.807, 2.05) is 12.4 Å². The third-order valence-electron chi connectivity index (χ3n) is 3.84. The zero-order chi connectivity index (χ0) is 12.9. The molecule has 0 atom stereocenters. The molecule has 0 unspecified atom stereocenters. The van der Waals surface area contributed by atoms with Crippen LogP contribution in [0, 0.1) is 5.92 Å². The van der Waals surface area contributed by atoms with Crippen molar-refractivity contribution in [2.45, 2.75) is 19.4 Å². The molecule has 1 aromatic heterocycles. The van der Waals surface area contributed by atoms with Crippen molar-refractivity contribution in [2.75, 3.05) is 18.1 Å². The van der Waals surface area contributed by atoms with Crippen molar-refractivity contribution in [3.63, 3.8) is 0 Å². The van der Waals surface area contributed by atoms with Crippen LogP contribution in [0.5, 0.6) is 0 Å². The third kappa shape index (κ3) is 3.28. The molecule has 0 radical (unpaired) electrons. The Morgan fingerprint density at radius 3 is 2.89 bits per heavy atom. The smallest absolute Gasteiger partial charge is 0.0346 e. The van der Waals surface area contributed by atoms with Crippen LogP contribution in [0.3, 0.4) is 0 Å². The molecule has 1 N–H and O–H groups in total. The minimum Gasteiger partial charge on any atom is -0.312 e. The number of nitrogens with zero attached hydrogens (tertiary/aromatic N) is 1. The van der Waals surface area contributed by atoms with Crippen molar-refractivity contribution in [3.05, 3.63) is 42.2 Å². The molecule has 2 aromatic rings. The largest absolute Gasteiger partial charge is 0.312 e. The molecule has 0 saturated carbocycles. The van der Waals surface area contributed by atoms with E-state index in [1.54, 1.807) is 0 Å². The van der Waals surface area contributed by atoms with Crippen LogP contribution in [0.15, 0.2) is 36.7 Å². The normalized spacial score (nSPS) is 16.8. The summed E-state index contributed by atoms with van der Waals surface area (Å²) in [5.41, 5.74) is 1.31. The molecule has 100 valence electrons. The molecule has 1 aliphatic rings. The summed E-state index contributed by atoms with van der Waals surface area (Å²) in [4.78, 5) is 4.33. The van der Waals surface area contributed by atoms with Gasteiger partial charge in [0.15, 0.2) is 0 Å². The van der Waals surface area contributed by atoms with Gasteiger partial charge in [-0.25, -0.2) is 0 Å². The van der Waals surface area contributed by atoms with Gasteiger partial charge in [-0.2, -0.15) is 11.8 Å². The molecular weight excluding hydrogens is 252 g/mol. The van der Waals surface area contributed by atoms with Crippen LogP contribution in [0.4, 0.5) is 0 Å². The quantitative estimate of drug-likeness (QED) is 0.922. The molecule has 0 aliphatic carbocycles. The number of hydrogen-bond donors (Lipinski definition) is 1. The van der Waals surface area contributed by atoms with Crippen LogP contribution < -0.4 is 5.32 Å². The molecule has 19 heavy (non-hydrogen) atoms. The molecule has 0 spiro atoms. The fourth-order valence-electron chi connectivity index (χ4n) is 2.68. The lowest BCUT2D eigenvalue weighted by atomic mass is 10.0. The van der Waals surface area contributed by atoms with E-state index in [0.717, 1.165) is 19.0 Å². The summed E-state index contributed by atoms with van der Waals surface area (Å²) in [6.45, 7) is 2.07. The average Bonchev–Trinajstić information content (AvgIpc) is 2.49. The lowest BCUT2D eigenvalue weighted by Gasteiger charge is -2.21. The Morgan fingerprint density at radius 1 is 1.16 bits per heavy atom. The van der Waals surface area contributed by atoms with E-state index in [2.05, 4.69) is 46.3 Å². The summed E-state index contributed by atoms with van der Waals surface area (Å²) in [7, 11) is 0. The van der Waals surface area contributed by atoms with E-state index >= 15 is 0 Å². The maximum absolute atomic E-state index is 4.33. The number of rotatable bonds is 4. The van der Waals surface area contributed by atoms with Gasteiger partial charge in [0.05, 0.1) is 0 Å². The van der Waals surface area contributed by atoms with Gasteiger partial charge < -0.3 is 5.32 Å². The van der Waals surface area contributed by atoms with E-state index in [9.17, 15) is 0 Å². The van der Waals surface area contributed by atoms with Gasteiger partial charge in [0, 0.05) is 24.3 Å². The minimum atomic E-state index is 0.865. The number of pyridine rings is 1. The Balaban J connectivity index is 1.62. The van der Waals surface area contributed by atoms with Gasteiger partial charge in [-0.05, 0) is 47.8 Å². The molecule has 1 aromatic carbocycles. The van der Waals surface area contributed by atoms with Crippen LogP contribution in [0.1, 0.15) is 18.4 Å². The summed E-state index contributed by atoms with van der Waals surface area (Å²) >= 11 is 2.09. The Bertz CT molecular complexity index is 530. The number of benzene rings is 1. The minimum absolute atomic E-state index is 0.865. The topological polar surface area (TPSA) is 24.9 Å². The summed E-state index contributed by atoms with van der Waals surface area (Å²) in [6.07, 6.45) is 6.67. The van der Waals surface area contributed by atoms with Crippen molar-refractivity contribution < 1.29 is 0 Å². The number of hydrogen-bond acceptors (Lipinski definition) is 3. The predicted octanol–water partition coefficient (Wildman–Crippen LogP) is 3.47. The van der Waals surface area contributed by atoms with Gasteiger partial charge in [-0.1, -0.05) is 24.3 Å². The monoisotopic (exact) mass is 272 g/mol. The first-order valence-corrected chi connectivity index (χ1v) is 8.19. The fraction of sp³-hybridized carbons (Fsp3) is 0.438. The molecule has 1 aliphatic heterocycles. The van der Waals surface area contributed by atoms with Crippen molar-refractivity contribution in [1.29, 1.82) is 0 Å². The average molecular weight is 272 g/mol. The number of fused-ring (bicyclic) bond motifs is 1. The SMILES string of the molecule is c1ccc2c(CNCC3CCSCC3)cncc2c1. The molecular formula is C16H20N2S. The number of aromatic nitrogens is 1. The van der Waals surface area contributed by atoms with Gasteiger partial charge >= 0.3 is 0 Å². The molecule has 0 amide bonds. The Morgan fingerprint density at radius 2 is 2.00 bits per heavy atom. The molecule has 3 heteroatoms. The summed E-state index contributed by atoms with van der Waals surface area (Å²) in [6, 6.07) is 8.49. The maximum atomic E-state index is 4.33. The molecule has 1 fully saturated rings. The lowest BCUT2D eigenvalue weighted by molar-refractivity contribution is 0.448. The number of thioether (sulfide) groups is 1. The predicted molar refractivity (Wildman–Crippen MR) is 83.5 cm³/mol. The van der Waals surface area contributed by atoms with Crippen LogP contribution in [0.2, 0.25) is 0 Å². The molecule has 0 bridgehead atoms. The highest BCUT2D eigenvalue weighted by atomic mass is 32.2. The molecule has 2 nitrogen and oxygen atoms in total. The first kappa shape index (κ1) is 12.9. The van der Waals surface area contributed by atoms with Gasteiger partial charge in [0.2, 0.25) is 0 Å². The molecule has 1 saturated heterocycles. The van der Waals surface area contributed by atoms with E-state index < -0.39 is 0 Å². The molecule has 3 rings (SSSR count). The number of nitrogens with one attached hydrogen (secondary N) is 1. The van der Waals surface area contributed by atoms with Gasteiger partial charge in [0.25, 0.3) is 0 Å². The summed E-state index contributed by atoms with van der Waals surface area (Å²) in [5.74, 6) is 3.54. The Kier molecular flexibility index (Phi) is 4.36. The highest BCUT2D eigenvalue weighted by molar-refractivity contribution is 7.99. The maximum Gasteiger partial charge on any atom is 0.0346 e. The first-order chi connectivity index (χ1) is 9.43. The van der Waals surface area contributed by atoms with Crippen LogP contribution in [0.25, 0.3) is 10.8 Å². The van der Waals surface area contributed by atoms with E-state index in [-0.39, 0.29) is 0 Å². The second-order valence-corrected chi connectivity index (χ2v) is 6.43.